The topological polar surface area (TPSA) is 60.8 Å². The minimum absolute atomic E-state index is 0.470. The fraction of sp³-hybridized carbons (Fsp3) is 0.500. The summed E-state index contributed by atoms with van der Waals surface area (Å²) < 4.78 is 0. The third-order valence-corrected chi connectivity index (χ3v) is 1.90. The first-order valence-electron chi connectivity index (χ1n) is 4.00. The molecule has 0 saturated heterocycles. The summed E-state index contributed by atoms with van der Waals surface area (Å²) in [5.41, 5.74) is 10.6. The van der Waals surface area contributed by atoms with E-state index >= 15 is 0 Å². The normalized spacial score (nSPS) is 15.4. The molecule has 0 saturated carbocycles. The summed E-state index contributed by atoms with van der Waals surface area (Å²) in [4.78, 5) is 2.74. The van der Waals surface area contributed by atoms with Gasteiger partial charge in [-0.05, 0) is 35.4 Å². The molecule has 4 heteroatoms. The molecule has 12 heavy (non-hydrogen) atoms. The standard InChI is InChI=1S/C8H12N4/c1-2-7-5-10-4-3-8(7)6-11-12-9/h3-4,10H,2,5-6H2,1H3. The molecular weight excluding hydrogens is 152 g/mol. The second kappa shape index (κ2) is 4.46. The van der Waals surface area contributed by atoms with Gasteiger partial charge in [0.15, 0.2) is 0 Å². The highest BCUT2D eigenvalue weighted by molar-refractivity contribution is 5.31. The fourth-order valence-electron chi connectivity index (χ4n) is 1.20. The molecule has 1 rings (SSSR count). The largest absolute Gasteiger partial charge is 0.387 e. The van der Waals surface area contributed by atoms with Crippen molar-refractivity contribution in [2.75, 3.05) is 13.1 Å². The maximum absolute atomic E-state index is 8.15. The molecule has 0 bridgehead atoms. The van der Waals surface area contributed by atoms with E-state index < -0.39 is 0 Å². The van der Waals surface area contributed by atoms with Gasteiger partial charge in [0.2, 0.25) is 0 Å². The lowest BCUT2D eigenvalue weighted by Crippen LogP contribution is -2.15. The van der Waals surface area contributed by atoms with Crippen molar-refractivity contribution in [2.24, 2.45) is 5.11 Å². The molecule has 0 aliphatic carbocycles. The molecule has 1 N–H and O–H groups in total. The van der Waals surface area contributed by atoms with Crippen molar-refractivity contribution in [1.29, 1.82) is 0 Å². The van der Waals surface area contributed by atoms with Gasteiger partial charge in [0.25, 0.3) is 0 Å². The number of rotatable bonds is 3. The van der Waals surface area contributed by atoms with E-state index in [1.165, 1.54) is 5.57 Å². The molecular formula is C8H12N4. The van der Waals surface area contributed by atoms with Gasteiger partial charge in [-0.2, -0.15) is 0 Å². The number of azide groups is 1. The van der Waals surface area contributed by atoms with Crippen LogP contribution in [0.15, 0.2) is 28.5 Å². The summed E-state index contributed by atoms with van der Waals surface area (Å²) >= 11 is 0. The number of hydrogen-bond acceptors (Lipinski definition) is 2. The number of dihydropyridines is 1. The molecule has 64 valence electrons. The van der Waals surface area contributed by atoms with Crippen molar-refractivity contribution in [2.45, 2.75) is 13.3 Å². The van der Waals surface area contributed by atoms with Gasteiger partial charge in [0, 0.05) is 11.5 Å². The molecule has 0 fully saturated rings. The molecule has 0 spiro atoms. The molecule has 0 aromatic rings. The number of nitrogens with zero attached hydrogens (tertiary/aromatic N) is 3. The lowest BCUT2D eigenvalue weighted by atomic mass is 10.0. The van der Waals surface area contributed by atoms with Crippen LogP contribution in [0.4, 0.5) is 0 Å². The monoisotopic (exact) mass is 164 g/mol. The van der Waals surface area contributed by atoms with Gasteiger partial charge < -0.3 is 5.32 Å². The first-order chi connectivity index (χ1) is 5.88. The zero-order chi connectivity index (χ0) is 8.81. The van der Waals surface area contributed by atoms with Crippen molar-refractivity contribution >= 4 is 0 Å². The summed E-state index contributed by atoms with van der Waals surface area (Å²) in [6.45, 7) is 3.45. The Labute approximate surface area is 71.6 Å². The van der Waals surface area contributed by atoms with E-state index in [0.717, 1.165) is 18.5 Å². The zero-order valence-corrected chi connectivity index (χ0v) is 7.12. The minimum Gasteiger partial charge on any atom is -0.387 e. The van der Waals surface area contributed by atoms with Gasteiger partial charge in [-0.3, -0.25) is 0 Å². The molecule has 1 aliphatic heterocycles. The Morgan fingerprint density at radius 2 is 2.58 bits per heavy atom. The summed E-state index contributed by atoms with van der Waals surface area (Å²) in [7, 11) is 0. The minimum atomic E-state index is 0.470. The van der Waals surface area contributed by atoms with Gasteiger partial charge in [-0.1, -0.05) is 12.0 Å². The number of hydrogen-bond donors (Lipinski definition) is 1. The summed E-state index contributed by atoms with van der Waals surface area (Å²) in [5, 5.41) is 6.66. The maximum Gasteiger partial charge on any atom is 0.0511 e. The Morgan fingerprint density at radius 3 is 3.25 bits per heavy atom. The molecule has 0 unspecified atom stereocenters. The Bertz CT molecular complexity index is 258. The molecule has 1 heterocycles. The van der Waals surface area contributed by atoms with Crippen molar-refractivity contribution in [3.63, 3.8) is 0 Å². The molecule has 0 amide bonds. The van der Waals surface area contributed by atoms with E-state index in [4.69, 9.17) is 5.53 Å². The van der Waals surface area contributed by atoms with E-state index in [-0.39, 0.29) is 0 Å². The van der Waals surface area contributed by atoms with Crippen LogP contribution in [-0.4, -0.2) is 13.1 Å². The molecule has 4 nitrogen and oxygen atoms in total. The van der Waals surface area contributed by atoms with Crippen LogP contribution in [0.3, 0.4) is 0 Å². The van der Waals surface area contributed by atoms with E-state index in [9.17, 15) is 0 Å². The van der Waals surface area contributed by atoms with Crippen LogP contribution < -0.4 is 5.32 Å². The van der Waals surface area contributed by atoms with Crippen LogP contribution in [-0.2, 0) is 0 Å². The van der Waals surface area contributed by atoms with Gasteiger partial charge in [-0.15, -0.1) is 0 Å². The SMILES string of the molecule is CCC1=C(CN=[N+]=[N-])C=CNC1. The Kier molecular flexibility index (Phi) is 3.23. The van der Waals surface area contributed by atoms with E-state index in [1.54, 1.807) is 0 Å². The van der Waals surface area contributed by atoms with Gasteiger partial charge in [0.1, 0.15) is 0 Å². The molecule has 0 atom stereocenters. The first-order valence-corrected chi connectivity index (χ1v) is 4.00. The molecule has 1 aliphatic rings. The van der Waals surface area contributed by atoms with Gasteiger partial charge in [-0.25, -0.2) is 0 Å². The van der Waals surface area contributed by atoms with Gasteiger partial charge in [0.05, 0.1) is 6.54 Å². The Hall–Kier alpha value is -1.41. The van der Waals surface area contributed by atoms with Crippen LogP contribution in [0.1, 0.15) is 13.3 Å². The van der Waals surface area contributed by atoms with Crippen molar-refractivity contribution in [1.82, 2.24) is 5.32 Å². The predicted octanol–water partition coefficient (Wildman–Crippen LogP) is 2.12. The van der Waals surface area contributed by atoms with E-state index in [2.05, 4.69) is 22.3 Å². The smallest absolute Gasteiger partial charge is 0.0511 e. The van der Waals surface area contributed by atoms with E-state index in [1.807, 2.05) is 12.3 Å². The second-order valence-electron chi connectivity index (χ2n) is 2.59. The number of nitrogens with one attached hydrogen (secondary N) is 1. The lowest BCUT2D eigenvalue weighted by Gasteiger charge is -2.14. The van der Waals surface area contributed by atoms with Crippen LogP contribution in [0.2, 0.25) is 0 Å². The van der Waals surface area contributed by atoms with Crippen LogP contribution in [0.25, 0.3) is 10.4 Å². The summed E-state index contributed by atoms with van der Waals surface area (Å²) in [6.07, 6.45) is 4.87. The third-order valence-electron chi connectivity index (χ3n) is 1.90. The zero-order valence-electron chi connectivity index (χ0n) is 7.12. The maximum atomic E-state index is 8.15. The summed E-state index contributed by atoms with van der Waals surface area (Å²) in [6, 6.07) is 0. The fourth-order valence-corrected chi connectivity index (χ4v) is 1.20. The average molecular weight is 164 g/mol. The van der Waals surface area contributed by atoms with Crippen LogP contribution in [0.5, 0.6) is 0 Å². The second-order valence-corrected chi connectivity index (χ2v) is 2.59. The highest BCUT2D eigenvalue weighted by Gasteiger charge is 2.04. The lowest BCUT2D eigenvalue weighted by molar-refractivity contribution is 0.845. The Morgan fingerprint density at radius 1 is 1.75 bits per heavy atom. The third kappa shape index (κ3) is 2.04. The van der Waals surface area contributed by atoms with Crippen molar-refractivity contribution in [3.8, 4) is 0 Å². The quantitative estimate of drug-likeness (QED) is 0.387. The van der Waals surface area contributed by atoms with Gasteiger partial charge >= 0.3 is 0 Å². The van der Waals surface area contributed by atoms with E-state index in [0.29, 0.717) is 6.54 Å². The van der Waals surface area contributed by atoms with Crippen molar-refractivity contribution in [3.05, 3.63) is 33.9 Å². The highest BCUT2D eigenvalue weighted by atomic mass is 15.1. The first kappa shape index (κ1) is 8.68. The Balaban J connectivity index is 2.73. The molecule has 0 aromatic heterocycles. The van der Waals surface area contributed by atoms with Crippen LogP contribution >= 0.6 is 0 Å². The average Bonchev–Trinajstić information content (AvgIpc) is 2.15. The predicted molar refractivity (Wildman–Crippen MR) is 48.5 cm³/mol. The highest BCUT2D eigenvalue weighted by Crippen LogP contribution is 2.12. The summed E-state index contributed by atoms with van der Waals surface area (Å²) in [5.74, 6) is 0. The molecule has 0 radical (unpaired) electrons. The van der Waals surface area contributed by atoms with Crippen molar-refractivity contribution < 1.29 is 0 Å². The molecule has 0 aromatic carbocycles. The van der Waals surface area contributed by atoms with Crippen LogP contribution in [0, 0.1) is 0 Å².